The highest BCUT2D eigenvalue weighted by Crippen LogP contribution is 2.37. The zero-order valence-electron chi connectivity index (χ0n) is 11.7. The first-order valence-electron chi connectivity index (χ1n) is 6.76. The Labute approximate surface area is 142 Å². The van der Waals surface area contributed by atoms with Gasteiger partial charge in [0, 0.05) is 0 Å². The van der Waals surface area contributed by atoms with E-state index in [9.17, 15) is 20.4 Å². The van der Waals surface area contributed by atoms with E-state index in [1.54, 1.807) is 6.92 Å². The highest BCUT2D eigenvalue weighted by molar-refractivity contribution is 6.21. The third kappa shape index (κ3) is 3.21. The summed E-state index contributed by atoms with van der Waals surface area (Å²) in [7, 11) is 0. The smallest absolute Gasteiger partial charge is 0.214 e. The van der Waals surface area contributed by atoms with Gasteiger partial charge in [0.1, 0.15) is 30.5 Å². The van der Waals surface area contributed by atoms with Gasteiger partial charge in [-0.25, -0.2) is 0 Å². The van der Waals surface area contributed by atoms with Crippen molar-refractivity contribution in [2.75, 3.05) is 11.8 Å². The second-order valence-corrected chi connectivity index (χ2v) is 6.52. The van der Waals surface area contributed by atoms with Crippen LogP contribution in [0.2, 0.25) is 0 Å². The summed E-state index contributed by atoms with van der Waals surface area (Å²) in [4.78, 5) is 0. The number of halogens is 3. The van der Waals surface area contributed by atoms with Gasteiger partial charge in [-0.1, -0.05) is 0 Å². The summed E-state index contributed by atoms with van der Waals surface area (Å²) in [5, 5.41) is 39.1. The second kappa shape index (κ2) is 7.23. The number of ether oxygens (including phenoxy) is 3. The monoisotopic (exact) mass is 380 g/mol. The summed E-state index contributed by atoms with van der Waals surface area (Å²) in [5.41, 5.74) is 0. The molecule has 2 rings (SSSR count). The molecule has 10 heteroatoms. The van der Waals surface area contributed by atoms with E-state index < -0.39 is 54.1 Å². The maximum atomic E-state index is 10.1. The molecule has 0 spiro atoms. The van der Waals surface area contributed by atoms with Crippen LogP contribution in [-0.4, -0.2) is 86.3 Å². The lowest BCUT2D eigenvalue weighted by molar-refractivity contribution is -0.354. The molecule has 0 aromatic heterocycles. The van der Waals surface area contributed by atoms with E-state index >= 15 is 0 Å². The van der Waals surface area contributed by atoms with Crippen LogP contribution >= 0.6 is 34.8 Å². The minimum atomic E-state index is -1.81. The van der Waals surface area contributed by atoms with E-state index in [1.807, 2.05) is 0 Å². The van der Waals surface area contributed by atoms with Gasteiger partial charge in [-0.15, -0.1) is 34.8 Å². The normalized spacial score (nSPS) is 52.9. The molecule has 2 aliphatic heterocycles. The van der Waals surface area contributed by atoms with Crippen LogP contribution in [0, 0.1) is 0 Å². The standard InChI is InChI=1S/C12H19Cl3O7/c1-4-6(15)8(17)9(18)11(20-4)22-12(3-14)10(19)7(16)5(2-13)21-12/h4-11,16-19H,2-3H2,1H3/t4?,5-,6+,7-,8+,9-,10+,11-,12+/m1/s1. The van der Waals surface area contributed by atoms with E-state index in [2.05, 4.69) is 0 Å². The minimum absolute atomic E-state index is 0.0862. The van der Waals surface area contributed by atoms with Crippen molar-refractivity contribution in [2.45, 2.75) is 61.0 Å². The molecule has 9 atom stereocenters. The predicted molar refractivity (Wildman–Crippen MR) is 78.1 cm³/mol. The number of rotatable bonds is 4. The molecule has 0 saturated carbocycles. The SMILES string of the molecule is CC1O[C@H](O[C@]2(CCl)O[C@H](CCl)[C@@H](O)[C@@H]2O)[C@H](O)[C@@H](O)[C@H]1Cl. The van der Waals surface area contributed by atoms with Gasteiger partial charge in [0.15, 0.2) is 6.29 Å². The summed E-state index contributed by atoms with van der Waals surface area (Å²) < 4.78 is 16.3. The van der Waals surface area contributed by atoms with E-state index in [0.717, 1.165) is 0 Å². The van der Waals surface area contributed by atoms with Gasteiger partial charge in [-0.3, -0.25) is 0 Å². The fourth-order valence-corrected chi connectivity index (χ4v) is 3.25. The molecule has 7 nitrogen and oxygen atoms in total. The first-order valence-corrected chi connectivity index (χ1v) is 8.27. The lowest BCUT2D eigenvalue weighted by Crippen LogP contribution is -2.60. The highest BCUT2D eigenvalue weighted by atomic mass is 35.5. The minimum Gasteiger partial charge on any atom is -0.389 e. The molecule has 2 aliphatic rings. The molecule has 130 valence electrons. The molecule has 0 aliphatic carbocycles. The number of aliphatic hydroxyl groups excluding tert-OH is 4. The van der Waals surface area contributed by atoms with Crippen molar-refractivity contribution in [1.29, 1.82) is 0 Å². The molecule has 22 heavy (non-hydrogen) atoms. The van der Waals surface area contributed by atoms with Crippen LogP contribution in [-0.2, 0) is 14.2 Å². The molecule has 0 amide bonds. The van der Waals surface area contributed by atoms with Gasteiger partial charge in [0.05, 0.1) is 23.2 Å². The lowest BCUT2D eigenvalue weighted by Gasteiger charge is -2.42. The molecule has 4 N–H and O–H groups in total. The molecule has 2 fully saturated rings. The quantitative estimate of drug-likeness (QED) is 0.480. The number of hydrogen-bond acceptors (Lipinski definition) is 7. The fourth-order valence-electron chi connectivity index (χ4n) is 2.51. The average molecular weight is 382 g/mol. The van der Waals surface area contributed by atoms with Crippen LogP contribution in [0.25, 0.3) is 0 Å². The molecule has 0 radical (unpaired) electrons. The fraction of sp³-hybridized carbons (Fsp3) is 1.00. The zero-order chi connectivity index (χ0) is 16.7. The van der Waals surface area contributed by atoms with Gasteiger partial charge >= 0.3 is 0 Å². The zero-order valence-corrected chi connectivity index (χ0v) is 13.9. The van der Waals surface area contributed by atoms with Crippen molar-refractivity contribution < 1.29 is 34.6 Å². The van der Waals surface area contributed by atoms with Crippen LogP contribution in [0.1, 0.15) is 6.92 Å². The third-order valence-electron chi connectivity index (χ3n) is 3.91. The molecule has 1 unspecified atom stereocenters. The van der Waals surface area contributed by atoms with Gasteiger partial charge in [-0.05, 0) is 6.92 Å². The van der Waals surface area contributed by atoms with Crippen molar-refractivity contribution in [3.05, 3.63) is 0 Å². The number of aliphatic hydroxyl groups is 4. The molecule has 0 aromatic rings. The summed E-state index contributed by atoms with van der Waals surface area (Å²) in [5.74, 6) is -2.25. The van der Waals surface area contributed by atoms with Crippen molar-refractivity contribution in [3.8, 4) is 0 Å². The summed E-state index contributed by atoms with van der Waals surface area (Å²) >= 11 is 17.4. The van der Waals surface area contributed by atoms with Crippen molar-refractivity contribution in [3.63, 3.8) is 0 Å². The summed E-state index contributed by atoms with van der Waals surface area (Å²) in [6.07, 6.45) is -8.42. The van der Waals surface area contributed by atoms with Crippen LogP contribution < -0.4 is 0 Å². The Kier molecular flexibility index (Phi) is 6.22. The van der Waals surface area contributed by atoms with Gasteiger partial charge in [0.2, 0.25) is 5.79 Å². The maximum absolute atomic E-state index is 10.1. The first-order chi connectivity index (χ1) is 10.3. The second-order valence-electron chi connectivity index (χ2n) is 5.44. The Morgan fingerprint density at radius 3 is 2.23 bits per heavy atom. The number of alkyl halides is 3. The maximum Gasteiger partial charge on any atom is 0.214 e. The number of hydrogen-bond donors (Lipinski definition) is 4. The molecular weight excluding hydrogens is 362 g/mol. The van der Waals surface area contributed by atoms with Crippen molar-refractivity contribution >= 4 is 34.8 Å². The van der Waals surface area contributed by atoms with E-state index in [1.165, 1.54) is 0 Å². The van der Waals surface area contributed by atoms with Crippen LogP contribution in [0.15, 0.2) is 0 Å². The molecular formula is C12H19Cl3O7. The van der Waals surface area contributed by atoms with Crippen LogP contribution in [0.4, 0.5) is 0 Å². The molecule has 2 heterocycles. The highest BCUT2D eigenvalue weighted by Gasteiger charge is 2.57. The lowest BCUT2D eigenvalue weighted by atomic mass is 10.0. The Bertz CT molecular complexity index is 390. The van der Waals surface area contributed by atoms with E-state index in [4.69, 9.17) is 49.0 Å². The third-order valence-corrected chi connectivity index (χ3v) is 5.20. The van der Waals surface area contributed by atoms with Crippen molar-refractivity contribution in [2.24, 2.45) is 0 Å². The topological polar surface area (TPSA) is 109 Å². The van der Waals surface area contributed by atoms with Gasteiger partial charge in [0.25, 0.3) is 0 Å². The summed E-state index contributed by atoms with van der Waals surface area (Å²) in [6, 6.07) is 0. The average Bonchev–Trinajstić information content (AvgIpc) is 2.75. The molecule has 0 bridgehead atoms. The Morgan fingerprint density at radius 2 is 1.73 bits per heavy atom. The van der Waals surface area contributed by atoms with E-state index in [0.29, 0.717) is 0 Å². The Morgan fingerprint density at radius 1 is 1.09 bits per heavy atom. The molecule has 2 saturated heterocycles. The Balaban J connectivity index is 2.16. The van der Waals surface area contributed by atoms with Crippen molar-refractivity contribution in [1.82, 2.24) is 0 Å². The summed E-state index contributed by atoms with van der Waals surface area (Å²) in [6.45, 7) is 1.60. The Hall–Kier alpha value is 0.590. The van der Waals surface area contributed by atoms with Gasteiger partial charge < -0.3 is 34.6 Å². The van der Waals surface area contributed by atoms with Crippen LogP contribution in [0.5, 0.6) is 0 Å². The predicted octanol–water partition coefficient (Wildman–Crippen LogP) is -0.629. The largest absolute Gasteiger partial charge is 0.389 e. The van der Waals surface area contributed by atoms with Gasteiger partial charge in [-0.2, -0.15) is 0 Å². The first kappa shape index (κ1) is 18.9. The van der Waals surface area contributed by atoms with E-state index in [-0.39, 0.29) is 11.8 Å². The molecule has 0 aromatic carbocycles. The van der Waals surface area contributed by atoms with Crippen LogP contribution in [0.3, 0.4) is 0 Å².